The summed E-state index contributed by atoms with van der Waals surface area (Å²) in [6.45, 7) is 4.29. The van der Waals surface area contributed by atoms with Crippen LogP contribution in [0.4, 0.5) is 0 Å². The Morgan fingerprint density at radius 2 is 1.95 bits per heavy atom. The second-order valence-corrected chi connectivity index (χ2v) is 5.04. The zero-order chi connectivity index (χ0) is 14.1. The van der Waals surface area contributed by atoms with Gasteiger partial charge < -0.3 is 10.4 Å². The predicted octanol–water partition coefficient (Wildman–Crippen LogP) is 2.85. The van der Waals surface area contributed by atoms with E-state index in [4.69, 9.17) is 5.11 Å². The minimum Gasteiger partial charge on any atom is -0.396 e. The van der Waals surface area contributed by atoms with Gasteiger partial charge in [-0.05, 0) is 30.7 Å². The summed E-state index contributed by atoms with van der Waals surface area (Å²) in [7, 11) is 0. The summed E-state index contributed by atoms with van der Waals surface area (Å²) in [6, 6.07) is 10.4. The number of aliphatic hydroxyl groups excluding tert-OH is 1. The number of hydrogen-bond donors (Lipinski definition) is 2. The fourth-order valence-electron chi connectivity index (χ4n) is 2.13. The Bertz CT molecular complexity index is 364. The summed E-state index contributed by atoms with van der Waals surface area (Å²) in [5, 5.41) is 11.9. The van der Waals surface area contributed by atoms with E-state index in [0.717, 1.165) is 12.8 Å². The van der Waals surface area contributed by atoms with Gasteiger partial charge in [-0.2, -0.15) is 0 Å². The van der Waals surface area contributed by atoms with Gasteiger partial charge in [0.1, 0.15) is 0 Å². The van der Waals surface area contributed by atoms with Gasteiger partial charge in [0.15, 0.2) is 0 Å². The molecule has 1 aromatic rings. The Morgan fingerprint density at radius 3 is 2.53 bits per heavy atom. The maximum absolute atomic E-state index is 11.8. The number of nitrogens with one attached hydrogen (secondary N) is 1. The molecule has 0 heterocycles. The van der Waals surface area contributed by atoms with Gasteiger partial charge in [-0.1, -0.05) is 44.2 Å². The molecule has 0 radical (unpaired) electrons. The van der Waals surface area contributed by atoms with Gasteiger partial charge in [0.05, 0.1) is 0 Å². The second kappa shape index (κ2) is 8.70. The van der Waals surface area contributed by atoms with Crippen LogP contribution in [0.15, 0.2) is 30.3 Å². The summed E-state index contributed by atoms with van der Waals surface area (Å²) in [5.41, 5.74) is 1.28. The van der Waals surface area contributed by atoms with Crippen molar-refractivity contribution in [3.63, 3.8) is 0 Å². The van der Waals surface area contributed by atoms with Crippen LogP contribution in [0, 0.1) is 0 Å². The minimum atomic E-state index is 0.0862. The molecular weight excluding hydrogens is 238 g/mol. The topological polar surface area (TPSA) is 49.3 Å². The average Bonchev–Trinajstić information content (AvgIpc) is 2.45. The van der Waals surface area contributed by atoms with Gasteiger partial charge in [-0.3, -0.25) is 4.79 Å². The minimum absolute atomic E-state index is 0.0862. The Kier molecular flexibility index (Phi) is 7.19. The van der Waals surface area contributed by atoms with Crippen LogP contribution in [0.5, 0.6) is 0 Å². The number of rotatable bonds is 8. The number of aliphatic hydroxyl groups is 1. The smallest absolute Gasteiger partial charge is 0.220 e. The fourth-order valence-corrected chi connectivity index (χ4v) is 2.13. The lowest BCUT2D eigenvalue weighted by molar-refractivity contribution is -0.122. The first kappa shape index (κ1) is 15.7. The van der Waals surface area contributed by atoms with Crippen LogP contribution >= 0.6 is 0 Å². The molecule has 0 aliphatic rings. The van der Waals surface area contributed by atoms with Crippen LogP contribution in [-0.2, 0) is 4.79 Å². The van der Waals surface area contributed by atoms with Gasteiger partial charge in [-0.15, -0.1) is 0 Å². The first-order valence-electron chi connectivity index (χ1n) is 7.12. The van der Waals surface area contributed by atoms with Crippen LogP contribution in [0.3, 0.4) is 0 Å². The molecule has 2 atom stereocenters. The number of hydrogen-bond acceptors (Lipinski definition) is 2. The van der Waals surface area contributed by atoms with E-state index in [1.54, 1.807) is 0 Å². The summed E-state index contributed by atoms with van der Waals surface area (Å²) in [6.07, 6.45) is 2.89. The second-order valence-electron chi connectivity index (χ2n) is 5.04. The quantitative estimate of drug-likeness (QED) is 0.757. The molecule has 2 unspecified atom stereocenters. The normalized spacial score (nSPS) is 13.8. The van der Waals surface area contributed by atoms with Crippen LogP contribution < -0.4 is 5.32 Å². The third-order valence-electron chi connectivity index (χ3n) is 3.51. The van der Waals surface area contributed by atoms with Crippen LogP contribution in [0.25, 0.3) is 0 Å². The van der Waals surface area contributed by atoms with Crippen molar-refractivity contribution in [1.82, 2.24) is 5.32 Å². The lowest BCUT2D eigenvalue weighted by atomic mass is 9.96. The van der Waals surface area contributed by atoms with E-state index >= 15 is 0 Å². The molecular formula is C16H25NO2. The first-order chi connectivity index (χ1) is 9.17. The summed E-state index contributed by atoms with van der Waals surface area (Å²) in [4.78, 5) is 11.8. The summed E-state index contributed by atoms with van der Waals surface area (Å²) < 4.78 is 0. The van der Waals surface area contributed by atoms with Gasteiger partial charge in [0.2, 0.25) is 5.91 Å². The molecule has 0 spiro atoms. The van der Waals surface area contributed by atoms with Crippen LogP contribution in [-0.4, -0.2) is 23.7 Å². The molecule has 0 aliphatic heterocycles. The number of carbonyl (C=O) groups excluding carboxylic acids is 1. The molecule has 1 aromatic carbocycles. The summed E-state index contributed by atoms with van der Waals surface area (Å²) >= 11 is 0. The number of carbonyl (C=O) groups is 1. The van der Waals surface area contributed by atoms with Gasteiger partial charge in [-0.25, -0.2) is 0 Å². The first-order valence-corrected chi connectivity index (χ1v) is 7.12. The van der Waals surface area contributed by atoms with Crippen molar-refractivity contribution in [1.29, 1.82) is 0 Å². The van der Waals surface area contributed by atoms with E-state index in [9.17, 15) is 4.79 Å². The van der Waals surface area contributed by atoms with Crippen molar-refractivity contribution < 1.29 is 9.90 Å². The van der Waals surface area contributed by atoms with Crippen molar-refractivity contribution in [2.75, 3.05) is 6.61 Å². The highest BCUT2D eigenvalue weighted by atomic mass is 16.3. The molecule has 2 N–H and O–H groups in total. The average molecular weight is 263 g/mol. The zero-order valence-corrected chi connectivity index (χ0v) is 11.9. The highest BCUT2D eigenvalue weighted by Crippen LogP contribution is 2.19. The third kappa shape index (κ3) is 5.88. The van der Waals surface area contributed by atoms with Crippen molar-refractivity contribution >= 4 is 5.91 Å². The molecule has 0 aromatic heterocycles. The van der Waals surface area contributed by atoms with Gasteiger partial charge in [0, 0.05) is 19.1 Å². The molecule has 0 bridgehead atoms. The molecule has 3 nitrogen and oxygen atoms in total. The van der Waals surface area contributed by atoms with E-state index in [1.807, 2.05) is 25.1 Å². The van der Waals surface area contributed by atoms with Gasteiger partial charge >= 0.3 is 0 Å². The highest BCUT2D eigenvalue weighted by Gasteiger charge is 2.12. The molecule has 1 rings (SSSR count). The van der Waals surface area contributed by atoms with Crippen molar-refractivity contribution in [2.24, 2.45) is 0 Å². The zero-order valence-electron chi connectivity index (χ0n) is 11.9. The van der Waals surface area contributed by atoms with E-state index in [1.165, 1.54) is 5.56 Å². The van der Waals surface area contributed by atoms with Crippen molar-refractivity contribution in [3.05, 3.63) is 35.9 Å². The maximum Gasteiger partial charge on any atom is 0.220 e. The highest BCUT2D eigenvalue weighted by molar-refractivity contribution is 5.76. The SMILES string of the molecule is CCC(CCO)NC(=O)CCC(C)c1ccccc1. The molecule has 106 valence electrons. The molecule has 1 amide bonds. The van der Waals surface area contributed by atoms with E-state index < -0.39 is 0 Å². The predicted molar refractivity (Wildman–Crippen MR) is 78.0 cm³/mol. The Labute approximate surface area is 116 Å². The lowest BCUT2D eigenvalue weighted by Gasteiger charge is -2.17. The van der Waals surface area contributed by atoms with E-state index in [-0.39, 0.29) is 18.6 Å². The Hall–Kier alpha value is -1.35. The number of amides is 1. The van der Waals surface area contributed by atoms with Crippen LogP contribution in [0.1, 0.15) is 51.0 Å². The monoisotopic (exact) mass is 263 g/mol. The Balaban J connectivity index is 2.33. The lowest BCUT2D eigenvalue weighted by Crippen LogP contribution is -2.35. The third-order valence-corrected chi connectivity index (χ3v) is 3.51. The molecule has 0 saturated heterocycles. The fraction of sp³-hybridized carbons (Fsp3) is 0.562. The summed E-state index contributed by atoms with van der Waals surface area (Å²) in [5.74, 6) is 0.480. The van der Waals surface area contributed by atoms with Crippen molar-refractivity contribution in [3.8, 4) is 0 Å². The largest absolute Gasteiger partial charge is 0.396 e. The Morgan fingerprint density at radius 1 is 1.26 bits per heavy atom. The van der Waals surface area contributed by atoms with Gasteiger partial charge in [0.25, 0.3) is 0 Å². The molecule has 0 fully saturated rings. The molecule has 0 aliphatic carbocycles. The number of benzene rings is 1. The van der Waals surface area contributed by atoms with E-state index in [2.05, 4.69) is 24.4 Å². The molecule has 0 saturated carbocycles. The molecule has 19 heavy (non-hydrogen) atoms. The maximum atomic E-state index is 11.8. The van der Waals surface area contributed by atoms with E-state index in [0.29, 0.717) is 18.8 Å². The molecule has 3 heteroatoms. The van der Waals surface area contributed by atoms with Crippen LogP contribution in [0.2, 0.25) is 0 Å². The standard InChI is InChI=1S/C16H25NO2/c1-3-15(11-12-18)17-16(19)10-9-13(2)14-7-5-4-6-8-14/h4-8,13,15,18H,3,9-12H2,1-2H3,(H,17,19). The van der Waals surface area contributed by atoms with Crippen molar-refractivity contribution in [2.45, 2.75) is 51.5 Å².